The number of cyclic esters (lactones) is 1. The number of anilines is 2. The van der Waals surface area contributed by atoms with E-state index in [0.717, 1.165) is 10.9 Å². The first-order valence-corrected chi connectivity index (χ1v) is 10.2. The highest BCUT2D eigenvalue weighted by molar-refractivity contribution is 6.31. The smallest absolute Gasteiger partial charge is 0.415 e. The number of amides is 1. The SMILES string of the molecule is CC(C)C1COC(=O)N1c1cccc(N[C@@H](C)c2cc3cc(Cl)ccc3[nH]c2=O)n1. The summed E-state index contributed by atoms with van der Waals surface area (Å²) in [5.74, 6) is 1.32. The van der Waals surface area contributed by atoms with Crippen LogP contribution < -0.4 is 15.8 Å². The fourth-order valence-corrected chi connectivity index (χ4v) is 3.82. The molecule has 1 fully saturated rings. The molecule has 1 amide bonds. The molecule has 1 aliphatic heterocycles. The first-order valence-electron chi connectivity index (χ1n) is 9.85. The van der Waals surface area contributed by atoms with E-state index in [1.807, 2.05) is 39.0 Å². The van der Waals surface area contributed by atoms with Crippen molar-refractivity contribution >= 4 is 40.2 Å². The molecule has 1 aliphatic rings. The van der Waals surface area contributed by atoms with Crippen molar-refractivity contribution in [1.82, 2.24) is 9.97 Å². The Morgan fingerprint density at radius 3 is 2.77 bits per heavy atom. The number of nitrogens with one attached hydrogen (secondary N) is 2. The van der Waals surface area contributed by atoms with E-state index in [9.17, 15) is 9.59 Å². The fraction of sp³-hybridized carbons (Fsp3) is 0.318. The Balaban J connectivity index is 1.61. The third-order valence-corrected chi connectivity index (χ3v) is 5.56. The van der Waals surface area contributed by atoms with Gasteiger partial charge in [-0.1, -0.05) is 31.5 Å². The lowest BCUT2D eigenvalue weighted by Crippen LogP contribution is -2.37. The Morgan fingerprint density at radius 1 is 1.20 bits per heavy atom. The van der Waals surface area contributed by atoms with Crippen molar-refractivity contribution in [2.45, 2.75) is 32.9 Å². The lowest BCUT2D eigenvalue weighted by molar-refractivity contribution is 0.177. The Morgan fingerprint density at radius 2 is 2.00 bits per heavy atom. The van der Waals surface area contributed by atoms with E-state index < -0.39 is 6.09 Å². The highest BCUT2D eigenvalue weighted by Crippen LogP contribution is 2.27. The molecule has 2 aromatic heterocycles. The Bertz CT molecular complexity index is 1160. The number of rotatable bonds is 5. The fourth-order valence-electron chi connectivity index (χ4n) is 3.64. The van der Waals surface area contributed by atoms with Crippen molar-refractivity contribution in [2.24, 2.45) is 5.92 Å². The highest BCUT2D eigenvalue weighted by atomic mass is 35.5. The van der Waals surface area contributed by atoms with Crippen LogP contribution in [0.1, 0.15) is 32.4 Å². The van der Waals surface area contributed by atoms with Gasteiger partial charge in [-0.25, -0.2) is 9.78 Å². The number of carbonyl (C=O) groups is 1. The summed E-state index contributed by atoms with van der Waals surface area (Å²) in [7, 11) is 0. The summed E-state index contributed by atoms with van der Waals surface area (Å²) in [6, 6.07) is 12.2. The van der Waals surface area contributed by atoms with Crippen molar-refractivity contribution in [3.63, 3.8) is 0 Å². The monoisotopic (exact) mass is 426 g/mol. The van der Waals surface area contributed by atoms with Crippen LogP contribution in [-0.2, 0) is 4.74 Å². The van der Waals surface area contributed by atoms with Crippen molar-refractivity contribution in [2.75, 3.05) is 16.8 Å². The third kappa shape index (κ3) is 3.85. The maximum absolute atomic E-state index is 12.6. The van der Waals surface area contributed by atoms with Gasteiger partial charge in [-0.15, -0.1) is 0 Å². The molecule has 0 saturated carbocycles. The number of aromatic nitrogens is 2. The second-order valence-corrected chi connectivity index (χ2v) is 8.23. The van der Waals surface area contributed by atoms with Crippen LogP contribution in [0.5, 0.6) is 0 Å². The van der Waals surface area contributed by atoms with E-state index in [0.29, 0.717) is 28.8 Å². The zero-order valence-electron chi connectivity index (χ0n) is 17.0. The van der Waals surface area contributed by atoms with Crippen LogP contribution in [0.25, 0.3) is 10.9 Å². The number of ether oxygens (including phenoxy) is 1. The van der Waals surface area contributed by atoms with Crippen LogP contribution >= 0.6 is 11.6 Å². The van der Waals surface area contributed by atoms with E-state index in [1.165, 1.54) is 0 Å². The van der Waals surface area contributed by atoms with Gasteiger partial charge in [0.2, 0.25) is 0 Å². The molecule has 7 nitrogen and oxygen atoms in total. The highest BCUT2D eigenvalue weighted by Gasteiger charge is 2.37. The normalized spacial score (nSPS) is 17.4. The lowest BCUT2D eigenvalue weighted by Gasteiger charge is -2.24. The Labute approximate surface area is 179 Å². The largest absolute Gasteiger partial charge is 0.447 e. The van der Waals surface area contributed by atoms with Gasteiger partial charge in [0.25, 0.3) is 5.56 Å². The maximum Gasteiger partial charge on any atom is 0.415 e. The summed E-state index contributed by atoms with van der Waals surface area (Å²) in [5, 5.41) is 4.72. The second-order valence-electron chi connectivity index (χ2n) is 7.79. The number of nitrogens with zero attached hydrogens (tertiary/aromatic N) is 2. The first-order chi connectivity index (χ1) is 14.3. The minimum absolute atomic E-state index is 0.0641. The molecule has 3 aromatic rings. The Hall–Kier alpha value is -3.06. The summed E-state index contributed by atoms with van der Waals surface area (Å²) in [4.78, 5) is 33.9. The van der Waals surface area contributed by atoms with E-state index in [-0.39, 0.29) is 23.6 Å². The zero-order chi connectivity index (χ0) is 21.4. The summed E-state index contributed by atoms with van der Waals surface area (Å²) < 4.78 is 5.22. The molecule has 2 atom stereocenters. The standard InChI is InChI=1S/C22H23ClN4O3/c1-12(2)18-11-30-22(29)27(18)20-6-4-5-19(26-20)24-13(3)16-10-14-9-15(23)7-8-17(14)25-21(16)28/h4-10,12-13,18H,11H2,1-3H3,(H,24,26)(H,25,28)/t13-,18?/m0/s1. The molecular formula is C22H23ClN4O3. The minimum atomic E-state index is -0.394. The average Bonchev–Trinajstić information content (AvgIpc) is 3.09. The molecule has 0 spiro atoms. The van der Waals surface area contributed by atoms with Gasteiger partial charge in [-0.05, 0) is 49.2 Å². The number of benzene rings is 1. The maximum atomic E-state index is 12.6. The van der Waals surface area contributed by atoms with Gasteiger partial charge < -0.3 is 15.0 Å². The lowest BCUT2D eigenvalue weighted by atomic mass is 10.0. The van der Waals surface area contributed by atoms with E-state index in [4.69, 9.17) is 16.3 Å². The number of pyridine rings is 2. The van der Waals surface area contributed by atoms with Crippen LogP contribution in [0.15, 0.2) is 47.3 Å². The van der Waals surface area contributed by atoms with Crippen LogP contribution in [0.2, 0.25) is 5.02 Å². The molecule has 8 heteroatoms. The number of aromatic amines is 1. The summed E-state index contributed by atoms with van der Waals surface area (Å²) in [5.41, 5.74) is 1.12. The Kier molecular flexibility index (Phi) is 5.39. The molecule has 0 bridgehead atoms. The minimum Gasteiger partial charge on any atom is -0.447 e. The molecule has 156 valence electrons. The van der Waals surface area contributed by atoms with Crippen molar-refractivity contribution in [3.05, 3.63) is 63.4 Å². The molecule has 0 radical (unpaired) electrons. The number of hydrogen-bond donors (Lipinski definition) is 2. The first kappa shape index (κ1) is 20.2. The van der Waals surface area contributed by atoms with Gasteiger partial charge in [0.15, 0.2) is 0 Å². The number of H-pyrrole nitrogens is 1. The van der Waals surface area contributed by atoms with Gasteiger partial charge >= 0.3 is 6.09 Å². The molecule has 4 rings (SSSR count). The molecule has 0 aliphatic carbocycles. The molecule has 30 heavy (non-hydrogen) atoms. The van der Waals surface area contributed by atoms with Crippen molar-refractivity contribution in [1.29, 1.82) is 0 Å². The summed E-state index contributed by atoms with van der Waals surface area (Å²) in [6.07, 6.45) is -0.394. The average molecular weight is 427 g/mol. The van der Waals surface area contributed by atoms with Crippen LogP contribution in [0, 0.1) is 5.92 Å². The van der Waals surface area contributed by atoms with Crippen LogP contribution in [-0.4, -0.2) is 28.7 Å². The third-order valence-electron chi connectivity index (χ3n) is 5.32. The predicted molar refractivity (Wildman–Crippen MR) is 118 cm³/mol. The summed E-state index contributed by atoms with van der Waals surface area (Å²) >= 11 is 6.09. The van der Waals surface area contributed by atoms with Gasteiger partial charge in [0.05, 0.1) is 12.1 Å². The van der Waals surface area contributed by atoms with Gasteiger partial charge in [-0.2, -0.15) is 0 Å². The zero-order valence-corrected chi connectivity index (χ0v) is 17.7. The quantitative estimate of drug-likeness (QED) is 0.615. The van der Waals surface area contributed by atoms with E-state index in [2.05, 4.69) is 15.3 Å². The van der Waals surface area contributed by atoms with Gasteiger partial charge in [0, 0.05) is 21.5 Å². The molecular weight excluding hydrogens is 404 g/mol. The van der Waals surface area contributed by atoms with Crippen molar-refractivity contribution < 1.29 is 9.53 Å². The predicted octanol–water partition coefficient (Wildman–Crippen LogP) is 4.73. The van der Waals surface area contributed by atoms with Crippen molar-refractivity contribution in [3.8, 4) is 0 Å². The molecule has 2 N–H and O–H groups in total. The van der Waals surface area contributed by atoms with Crippen LogP contribution in [0.3, 0.4) is 0 Å². The number of hydrogen-bond acceptors (Lipinski definition) is 5. The second kappa shape index (κ2) is 7.99. The topological polar surface area (TPSA) is 87.3 Å². The molecule has 1 saturated heterocycles. The molecule has 1 unspecified atom stereocenters. The number of fused-ring (bicyclic) bond motifs is 1. The molecule has 3 heterocycles. The number of carbonyl (C=O) groups excluding carboxylic acids is 1. The van der Waals surface area contributed by atoms with E-state index in [1.54, 1.807) is 29.2 Å². The van der Waals surface area contributed by atoms with E-state index >= 15 is 0 Å². The van der Waals surface area contributed by atoms with Crippen LogP contribution in [0.4, 0.5) is 16.4 Å². The van der Waals surface area contributed by atoms with Gasteiger partial charge in [0.1, 0.15) is 18.2 Å². The number of halogens is 1. The van der Waals surface area contributed by atoms with Gasteiger partial charge in [-0.3, -0.25) is 9.69 Å². The molecule has 1 aromatic carbocycles. The summed E-state index contributed by atoms with van der Waals surface area (Å²) in [6.45, 7) is 6.32.